The molecule has 104 valence electrons. The molecule has 0 amide bonds. The summed E-state index contributed by atoms with van der Waals surface area (Å²) in [5.41, 5.74) is 15.7. The summed E-state index contributed by atoms with van der Waals surface area (Å²) >= 11 is 1.68. The van der Waals surface area contributed by atoms with Crippen molar-refractivity contribution >= 4 is 23.1 Å². The standard InChI is InChI=1S/C18H16N2S/c19-15-9-6-13(7-10-15)14-8-11-17(20)18(12-14)21-16-4-2-1-3-5-16/h1-12H,19-20H2. The Bertz CT molecular complexity index is 737. The summed E-state index contributed by atoms with van der Waals surface area (Å²) < 4.78 is 0. The molecule has 0 bridgehead atoms. The third-order valence-corrected chi connectivity index (χ3v) is 4.31. The second kappa shape index (κ2) is 5.94. The molecule has 0 aliphatic carbocycles. The average Bonchev–Trinajstić information content (AvgIpc) is 2.51. The molecule has 0 aliphatic heterocycles. The topological polar surface area (TPSA) is 52.0 Å². The van der Waals surface area contributed by atoms with Crippen molar-refractivity contribution in [1.82, 2.24) is 0 Å². The molecule has 3 rings (SSSR count). The van der Waals surface area contributed by atoms with E-state index in [1.165, 1.54) is 4.90 Å². The van der Waals surface area contributed by atoms with Crippen molar-refractivity contribution in [1.29, 1.82) is 0 Å². The van der Waals surface area contributed by atoms with Crippen molar-refractivity contribution in [3.8, 4) is 11.1 Å². The summed E-state index contributed by atoms with van der Waals surface area (Å²) in [7, 11) is 0. The summed E-state index contributed by atoms with van der Waals surface area (Å²) in [5.74, 6) is 0. The molecule has 3 aromatic carbocycles. The predicted octanol–water partition coefficient (Wildman–Crippen LogP) is 4.67. The normalized spacial score (nSPS) is 10.5. The van der Waals surface area contributed by atoms with Crippen molar-refractivity contribution in [2.75, 3.05) is 11.5 Å². The van der Waals surface area contributed by atoms with Gasteiger partial charge in [-0.15, -0.1) is 0 Å². The van der Waals surface area contributed by atoms with E-state index in [4.69, 9.17) is 11.5 Å². The Morgan fingerprint density at radius 2 is 1.33 bits per heavy atom. The van der Waals surface area contributed by atoms with Crippen molar-refractivity contribution in [3.63, 3.8) is 0 Å². The van der Waals surface area contributed by atoms with Gasteiger partial charge in [0.25, 0.3) is 0 Å². The van der Waals surface area contributed by atoms with Crippen LogP contribution in [0.5, 0.6) is 0 Å². The number of hydrogen-bond donors (Lipinski definition) is 2. The van der Waals surface area contributed by atoms with Gasteiger partial charge in [0.15, 0.2) is 0 Å². The van der Waals surface area contributed by atoms with Gasteiger partial charge in [-0.05, 0) is 47.5 Å². The van der Waals surface area contributed by atoms with E-state index in [1.54, 1.807) is 11.8 Å². The average molecular weight is 292 g/mol. The number of nitrogens with two attached hydrogens (primary N) is 2. The van der Waals surface area contributed by atoms with Gasteiger partial charge < -0.3 is 11.5 Å². The summed E-state index contributed by atoms with van der Waals surface area (Å²) in [5, 5.41) is 0. The molecule has 0 heterocycles. The summed E-state index contributed by atoms with van der Waals surface area (Å²) in [6.07, 6.45) is 0. The SMILES string of the molecule is Nc1ccc(-c2ccc(N)c(Sc3ccccc3)c2)cc1. The Balaban J connectivity index is 1.94. The molecule has 3 heteroatoms. The molecular formula is C18H16N2S. The zero-order chi connectivity index (χ0) is 14.7. The second-order valence-corrected chi connectivity index (χ2v) is 5.91. The van der Waals surface area contributed by atoms with Crippen molar-refractivity contribution in [2.24, 2.45) is 0 Å². The van der Waals surface area contributed by atoms with E-state index in [0.717, 1.165) is 27.4 Å². The van der Waals surface area contributed by atoms with Crippen molar-refractivity contribution in [2.45, 2.75) is 9.79 Å². The van der Waals surface area contributed by atoms with E-state index in [0.29, 0.717) is 0 Å². The minimum Gasteiger partial charge on any atom is -0.399 e. The summed E-state index contributed by atoms with van der Waals surface area (Å²) in [6.45, 7) is 0. The molecule has 4 N–H and O–H groups in total. The van der Waals surface area contributed by atoms with Gasteiger partial charge in [-0.1, -0.05) is 48.2 Å². The van der Waals surface area contributed by atoms with Crippen LogP contribution in [0.2, 0.25) is 0 Å². The largest absolute Gasteiger partial charge is 0.399 e. The molecule has 2 nitrogen and oxygen atoms in total. The lowest BCUT2D eigenvalue weighted by molar-refractivity contribution is 1.41. The quantitative estimate of drug-likeness (QED) is 0.690. The smallest absolute Gasteiger partial charge is 0.0456 e. The zero-order valence-electron chi connectivity index (χ0n) is 11.5. The number of nitrogen functional groups attached to an aromatic ring is 2. The van der Waals surface area contributed by atoms with Gasteiger partial charge in [0.1, 0.15) is 0 Å². The predicted molar refractivity (Wildman–Crippen MR) is 91.3 cm³/mol. The van der Waals surface area contributed by atoms with Gasteiger partial charge in [0.2, 0.25) is 0 Å². The van der Waals surface area contributed by atoms with E-state index in [1.807, 2.05) is 54.6 Å². The fourth-order valence-corrected chi connectivity index (χ4v) is 3.01. The number of benzene rings is 3. The van der Waals surface area contributed by atoms with Gasteiger partial charge in [-0.25, -0.2) is 0 Å². The molecule has 0 radical (unpaired) electrons. The highest BCUT2D eigenvalue weighted by Crippen LogP contribution is 2.35. The summed E-state index contributed by atoms with van der Waals surface area (Å²) in [4.78, 5) is 2.24. The molecule has 0 saturated carbocycles. The Labute approximate surface area is 128 Å². The molecule has 0 aliphatic rings. The molecule has 0 atom stereocenters. The highest BCUT2D eigenvalue weighted by atomic mass is 32.2. The molecule has 0 fully saturated rings. The van der Waals surface area contributed by atoms with Crippen LogP contribution >= 0.6 is 11.8 Å². The van der Waals surface area contributed by atoms with E-state index in [2.05, 4.69) is 18.2 Å². The zero-order valence-corrected chi connectivity index (χ0v) is 12.3. The van der Waals surface area contributed by atoms with Crippen LogP contribution in [0.3, 0.4) is 0 Å². The van der Waals surface area contributed by atoms with Crippen LogP contribution in [0, 0.1) is 0 Å². The minimum absolute atomic E-state index is 0.771. The van der Waals surface area contributed by atoms with Crippen LogP contribution < -0.4 is 11.5 Å². The molecule has 3 aromatic rings. The van der Waals surface area contributed by atoms with Gasteiger partial charge in [0.05, 0.1) is 0 Å². The van der Waals surface area contributed by atoms with E-state index >= 15 is 0 Å². The van der Waals surface area contributed by atoms with Crippen LogP contribution in [0.1, 0.15) is 0 Å². The van der Waals surface area contributed by atoms with E-state index < -0.39 is 0 Å². The van der Waals surface area contributed by atoms with Crippen molar-refractivity contribution in [3.05, 3.63) is 72.8 Å². The van der Waals surface area contributed by atoms with Crippen LogP contribution in [-0.4, -0.2) is 0 Å². The van der Waals surface area contributed by atoms with Gasteiger partial charge in [-0.3, -0.25) is 0 Å². The monoisotopic (exact) mass is 292 g/mol. The van der Waals surface area contributed by atoms with Crippen LogP contribution in [0.15, 0.2) is 82.6 Å². The third-order valence-electron chi connectivity index (χ3n) is 3.23. The van der Waals surface area contributed by atoms with E-state index in [-0.39, 0.29) is 0 Å². The first-order valence-electron chi connectivity index (χ1n) is 6.71. The first-order valence-corrected chi connectivity index (χ1v) is 7.52. The van der Waals surface area contributed by atoms with E-state index in [9.17, 15) is 0 Å². The highest BCUT2D eigenvalue weighted by molar-refractivity contribution is 7.99. The maximum Gasteiger partial charge on any atom is 0.0456 e. The molecular weight excluding hydrogens is 276 g/mol. The first kappa shape index (κ1) is 13.6. The van der Waals surface area contributed by atoms with Gasteiger partial charge in [0, 0.05) is 21.2 Å². The minimum atomic E-state index is 0.771. The molecule has 0 saturated heterocycles. The molecule has 0 spiro atoms. The highest BCUT2D eigenvalue weighted by Gasteiger charge is 2.05. The Morgan fingerprint density at radius 1 is 0.667 bits per heavy atom. The van der Waals surface area contributed by atoms with Gasteiger partial charge >= 0.3 is 0 Å². The van der Waals surface area contributed by atoms with Crippen LogP contribution in [-0.2, 0) is 0 Å². The first-order chi connectivity index (χ1) is 10.2. The Hall–Kier alpha value is -2.39. The number of anilines is 2. The fraction of sp³-hybridized carbons (Fsp3) is 0. The second-order valence-electron chi connectivity index (χ2n) is 4.79. The molecule has 21 heavy (non-hydrogen) atoms. The molecule has 0 aromatic heterocycles. The number of hydrogen-bond acceptors (Lipinski definition) is 3. The van der Waals surface area contributed by atoms with Gasteiger partial charge in [-0.2, -0.15) is 0 Å². The Kier molecular flexibility index (Phi) is 3.84. The number of rotatable bonds is 3. The maximum atomic E-state index is 6.10. The Morgan fingerprint density at radius 3 is 2.05 bits per heavy atom. The third kappa shape index (κ3) is 3.20. The lowest BCUT2D eigenvalue weighted by Crippen LogP contribution is -1.90. The van der Waals surface area contributed by atoms with Crippen molar-refractivity contribution < 1.29 is 0 Å². The lowest BCUT2D eigenvalue weighted by Gasteiger charge is -2.09. The molecule has 0 unspecified atom stereocenters. The van der Waals surface area contributed by atoms with Crippen LogP contribution in [0.4, 0.5) is 11.4 Å². The fourth-order valence-electron chi connectivity index (χ4n) is 2.09. The lowest BCUT2D eigenvalue weighted by atomic mass is 10.1. The van der Waals surface area contributed by atoms with Crippen LogP contribution in [0.25, 0.3) is 11.1 Å². The maximum absolute atomic E-state index is 6.10. The summed E-state index contributed by atoms with van der Waals surface area (Å²) in [6, 6.07) is 24.2.